The maximum atomic E-state index is 13.3. The summed E-state index contributed by atoms with van der Waals surface area (Å²) < 4.78 is 16.2. The monoisotopic (exact) mass is 339 g/mol. The SMILES string of the molecule is CCNC(c1ccc(F)cc1C)c1c(Br)cnn1CC. The highest BCUT2D eigenvalue weighted by Gasteiger charge is 2.22. The quantitative estimate of drug-likeness (QED) is 0.897. The molecule has 1 N–H and O–H groups in total. The summed E-state index contributed by atoms with van der Waals surface area (Å²) in [7, 11) is 0. The number of hydrogen-bond donors (Lipinski definition) is 1. The largest absolute Gasteiger partial charge is 0.305 e. The Kier molecular flexibility index (Phi) is 4.94. The van der Waals surface area contributed by atoms with Crippen molar-refractivity contribution in [3.05, 3.63) is 51.5 Å². The lowest BCUT2D eigenvalue weighted by molar-refractivity contribution is 0.538. The number of rotatable bonds is 5. The molecule has 2 rings (SSSR count). The van der Waals surface area contributed by atoms with Crippen LogP contribution in [-0.4, -0.2) is 16.3 Å². The van der Waals surface area contributed by atoms with E-state index in [1.165, 1.54) is 6.07 Å². The highest BCUT2D eigenvalue weighted by molar-refractivity contribution is 9.10. The molecule has 3 nitrogen and oxygen atoms in total. The fourth-order valence-corrected chi connectivity index (χ4v) is 2.96. The zero-order chi connectivity index (χ0) is 14.7. The van der Waals surface area contributed by atoms with Gasteiger partial charge in [-0.2, -0.15) is 5.10 Å². The fraction of sp³-hybridized carbons (Fsp3) is 0.400. The van der Waals surface area contributed by atoms with Crippen molar-refractivity contribution in [3.8, 4) is 0 Å². The Morgan fingerprint density at radius 2 is 2.15 bits per heavy atom. The van der Waals surface area contributed by atoms with Crippen LogP contribution in [0.1, 0.15) is 36.7 Å². The van der Waals surface area contributed by atoms with E-state index in [1.807, 2.05) is 23.9 Å². The number of halogens is 2. The zero-order valence-corrected chi connectivity index (χ0v) is 13.5. The van der Waals surface area contributed by atoms with E-state index in [0.29, 0.717) is 0 Å². The molecule has 0 saturated heterocycles. The minimum atomic E-state index is -0.204. The van der Waals surface area contributed by atoms with Gasteiger partial charge in [0.05, 0.1) is 22.4 Å². The standard InChI is InChI=1S/C15H19BrFN3/c1-4-18-14(12-7-6-11(17)8-10(12)3)15-13(16)9-19-20(15)5-2/h6-9,14,18H,4-5H2,1-3H3. The van der Waals surface area contributed by atoms with Crippen LogP contribution in [0.2, 0.25) is 0 Å². The summed E-state index contributed by atoms with van der Waals surface area (Å²) in [6, 6.07) is 4.92. The Balaban J connectivity index is 2.53. The summed E-state index contributed by atoms with van der Waals surface area (Å²) in [4.78, 5) is 0. The van der Waals surface area contributed by atoms with Gasteiger partial charge in [-0.3, -0.25) is 4.68 Å². The molecule has 20 heavy (non-hydrogen) atoms. The molecule has 0 amide bonds. The summed E-state index contributed by atoms with van der Waals surface area (Å²) >= 11 is 3.57. The Hall–Kier alpha value is -1.20. The molecule has 108 valence electrons. The lowest BCUT2D eigenvalue weighted by atomic mass is 9.98. The van der Waals surface area contributed by atoms with Crippen LogP contribution in [0.4, 0.5) is 4.39 Å². The maximum Gasteiger partial charge on any atom is 0.123 e. The zero-order valence-electron chi connectivity index (χ0n) is 12.0. The van der Waals surface area contributed by atoms with Gasteiger partial charge in [0.2, 0.25) is 0 Å². The number of aromatic nitrogens is 2. The van der Waals surface area contributed by atoms with Crippen molar-refractivity contribution in [2.45, 2.75) is 33.4 Å². The Morgan fingerprint density at radius 1 is 1.40 bits per heavy atom. The van der Waals surface area contributed by atoms with Crippen LogP contribution in [-0.2, 0) is 6.54 Å². The summed E-state index contributed by atoms with van der Waals surface area (Å²) in [6.07, 6.45) is 1.81. The first-order chi connectivity index (χ1) is 9.58. The number of nitrogens with zero attached hydrogens (tertiary/aromatic N) is 2. The third kappa shape index (κ3) is 2.94. The van der Waals surface area contributed by atoms with Crippen LogP contribution in [0.3, 0.4) is 0 Å². The highest BCUT2D eigenvalue weighted by atomic mass is 79.9. The predicted octanol–water partition coefficient (Wildman–Crippen LogP) is 3.81. The van der Waals surface area contributed by atoms with E-state index in [2.05, 4.69) is 40.2 Å². The Labute approximate surface area is 127 Å². The van der Waals surface area contributed by atoms with Crippen LogP contribution >= 0.6 is 15.9 Å². The second-order valence-corrected chi connectivity index (χ2v) is 5.54. The van der Waals surface area contributed by atoms with Gasteiger partial charge in [-0.1, -0.05) is 13.0 Å². The average molecular weight is 340 g/mol. The molecule has 0 radical (unpaired) electrons. The number of aryl methyl sites for hydroxylation is 2. The minimum absolute atomic E-state index is 0.00238. The van der Waals surface area contributed by atoms with Crippen LogP contribution in [0.5, 0.6) is 0 Å². The molecular formula is C15H19BrFN3. The van der Waals surface area contributed by atoms with Gasteiger partial charge in [-0.15, -0.1) is 0 Å². The molecule has 0 aliphatic carbocycles. The van der Waals surface area contributed by atoms with E-state index >= 15 is 0 Å². The van der Waals surface area contributed by atoms with Crippen LogP contribution in [0.25, 0.3) is 0 Å². The van der Waals surface area contributed by atoms with Crippen LogP contribution in [0, 0.1) is 12.7 Å². The molecule has 1 unspecified atom stereocenters. The Bertz CT molecular complexity index is 595. The lowest BCUT2D eigenvalue weighted by Crippen LogP contribution is -2.26. The molecule has 1 heterocycles. The van der Waals surface area contributed by atoms with E-state index in [-0.39, 0.29) is 11.9 Å². The van der Waals surface area contributed by atoms with Crippen molar-refractivity contribution in [3.63, 3.8) is 0 Å². The molecule has 0 bridgehead atoms. The third-order valence-electron chi connectivity index (χ3n) is 3.36. The molecule has 0 spiro atoms. The summed E-state index contributed by atoms with van der Waals surface area (Å²) in [5.41, 5.74) is 3.08. The molecule has 0 fully saturated rings. The van der Waals surface area contributed by atoms with Gasteiger partial charge in [-0.25, -0.2) is 4.39 Å². The highest BCUT2D eigenvalue weighted by Crippen LogP contribution is 2.30. The van der Waals surface area contributed by atoms with Crippen molar-refractivity contribution in [2.75, 3.05) is 6.54 Å². The summed E-state index contributed by atoms with van der Waals surface area (Å²) in [5, 5.41) is 7.83. The summed E-state index contributed by atoms with van der Waals surface area (Å²) in [6.45, 7) is 7.67. The van der Waals surface area contributed by atoms with Crippen molar-refractivity contribution < 1.29 is 4.39 Å². The van der Waals surface area contributed by atoms with Crippen LogP contribution in [0.15, 0.2) is 28.9 Å². The smallest absolute Gasteiger partial charge is 0.123 e. The molecule has 0 aliphatic rings. The van der Waals surface area contributed by atoms with Gasteiger partial charge >= 0.3 is 0 Å². The van der Waals surface area contributed by atoms with Crippen LogP contribution < -0.4 is 5.32 Å². The molecule has 0 saturated carbocycles. The first-order valence-electron chi connectivity index (χ1n) is 6.79. The van der Waals surface area contributed by atoms with E-state index in [4.69, 9.17) is 0 Å². The van der Waals surface area contributed by atoms with E-state index in [0.717, 1.165) is 34.4 Å². The maximum absolute atomic E-state index is 13.3. The normalized spacial score (nSPS) is 12.7. The number of nitrogens with one attached hydrogen (secondary N) is 1. The van der Waals surface area contributed by atoms with Crippen molar-refractivity contribution >= 4 is 15.9 Å². The third-order valence-corrected chi connectivity index (χ3v) is 3.97. The molecule has 1 aromatic carbocycles. The number of benzene rings is 1. The van der Waals surface area contributed by atoms with Gasteiger partial charge in [-0.05, 0) is 59.6 Å². The van der Waals surface area contributed by atoms with Crippen molar-refractivity contribution in [1.29, 1.82) is 0 Å². The average Bonchev–Trinajstić information content (AvgIpc) is 2.78. The van der Waals surface area contributed by atoms with Crippen molar-refractivity contribution in [2.24, 2.45) is 0 Å². The fourth-order valence-electron chi connectivity index (χ4n) is 2.43. The predicted molar refractivity (Wildman–Crippen MR) is 82.3 cm³/mol. The molecule has 2 aromatic rings. The van der Waals surface area contributed by atoms with E-state index in [1.54, 1.807) is 6.07 Å². The molecule has 1 atom stereocenters. The second kappa shape index (κ2) is 6.50. The van der Waals surface area contributed by atoms with Gasteiger partial charge in [0.25, 0.3) is 0 Å². The molecule has 0 aliphatic heterocycles. The van der Waals surface area contributed by atoms with Gasteiger partial charge < -0.3 is 5.32 Å². The second-order valence-electron chi connectivity index (χ2n) is 4.69. The van der Waals surface area contributed by atoms with Gasteiger partial charge in [0, 0.05) is 6.54 Å². The molecule has 1 aromatic heterocycles. The molecular weight excluding hydrogens is 321 g/mol. The number of hydrogen-bond acceptors (Lipinski definition) is 2. The Morgan fingerprint density at radius 3 is 2.75 bits per heavy atom. The van der Waals surface area contributed by atoms with E-state index < -0.39 is 0 Å². The van der Waals surface area contributed by atoms with Crippen molar-refractivity contribution in [1.82, 2.24) is 15.1 Å². The molecule has 5 heteroatoms. The lowest BCUT2D eigenvalue weighted by Gasteiger charge is -2.22. The van der Waals surface area contributed by atoms with Gasteiger partial charge in [0.15, 0.2) is 0 Å². The summed E-state index contributed by atoms with van der Waals surface area (Å²) in [5.74, 6) is -0.204. The first kappa shape index (κ1) is 15.2. The van der Waals surface area contributed by atoms with Gasteiger partial charge in [0.1, 0.15) is 5.82 Å². The first-order valence-corrected chi connectivity index (χ1v) is 7.58. The van der Waals surface area contributed by atoms with E-state index in [9.17, 15) is 4.39 Å². The topological polar surface area (TPSA) is 29.9 Å². The minimum Gasteiger partial charge on any atom is -0.305 e.